The van der Waals surface area contributed by atoms with Gasteiger partial charge in [0.2, 0.25) is 0 Å². The van der Waals surface area contributed by atoms with E-state index in [2.05, 4.69) is 0 Å². The number of nitrogens with two attached hydrogens (primary N) is 1. The van der Waals surface area contributed by atoms with Crippen LogP contribution >= 0.6 is 0 Å². The molecule has 0 unspecified atom stereocenters. The number of carbonyl (C=O) groups excluding carboxylic acids is 1. The zero-order valence-electron chi connectivity index (χ0n) is 8.49. The normalized spacial score (nSPS) is 17.7. The molecular weight excluding hydrogens is 166 g/mol. The molecule has 0 aromatic rings. The molecular formula is C9H19N3O. The quantitative estimate of drug-likeness (QED) is 0.379. The van der Waals surface area contributed by atoms with Crippen molar-refractivity contribution in [3.05, 3.63) is 0 Å². The van der Waals surface area contributed by atoms with E-state index in [0.29, 0.717) is 0 Å². The molecule has 13 heavy (non-hydrogen) atoms. The average molecular weight is 185 g/mol. The number of hydrogen-bond acceptors (Lipinski definition) is 2. The van der Waals surface area contributed by atoms with E-state index >= 15 is 0 Å². The van der Waals surface area contributed by atoms with Crippen molar-refractivity contribution in [1.82, 2.24) is 9.91 Å². The number of carbonyl (C=O) groups is 1. The summed E-state index contributed by atoms with van der Waals surface area (Å²) in [6.45, 7) is 5.56. The smallest absolute Gasteiger partial charge is 0.324 e. The molecule has 0 bridgehead atoms. The first-order valence-corrected chi connectivity index (χ1v) is 4.95. The van der Waals surface area contributed by atoms with Crippen LogP contribution < -0.4 is 5.84 Å². The van der Waals surface area contributed by atoms with Gasteiger partial charge in [0.1, 0.15) is 0 Å². The summed E-state index contributed by atoms with van der Waals surface area (Å²) < 4.78 is 0. The van der Waals surface area contributed by atoms with Crippen molar-refractivity contribution in [3.8, 4) is 0 Å². The van der Waals surface area contributed by atoms with Gasteiger partial charge < -0.3 is 4.90 Å². The molecule has 1 aliphatic heterocycles. The summed E-state index contributed by atoms with van der Waals surface area (Å²) in [4.78, 5) is 13.5. The minimum atomic E-state index is -0.0327. The van der Waals surface area contributed by atoms with E-state index in [9.17, 15) is 4.79 Å². The molecule has 76 valence electrons. The molecule has 0 saturated carbocycles. The lowest BCUT2D eigenvalue weighted by Crippen LogP contribution is -2.51. The Morgan fingerprint density at radius 2 is 1.85 bits per heavy atom. The van der Waals surface area contributed by atoms with Gasteiger partial charge in [-0.05, 0) is 33.1 Å². The predicted molar refractivity (Wildman–Crippen MR) is 52.0 cm³/mol. The Kier molecular flexibility index (Phi) is 3.54. The summed E-state index contributed by atoms with van der Waals surface area (Å²) in [6.07, 6.45) is 3.45. The molecule has 0 aliphatic carbocycles. The fourth-order valence-corrected chi connectivity index (χ4v) is 1.47. The van der Waals surface area contributed by atoms with Crippen molar-refractivity contribution >= 4 is 6.03 Å². The first-order valence-electron chi connectivity index (χ1n) is 4.95. The molecule has 0 radical (unpaired) electrons. The van der Waals surface area contributed by atoms with Crippen LogP contribution in [0.2, 0.25) is 0 Å². The van der Waals surface area contributed by atoms with E-state index in [4.69, 9.17) is 5.84 Å². The monoisotopic (exact) mass is 185 g/mol. The summed E-state index contributed by atoms with van der Waals surface area (Å²) in [5.74, 6) is 5.63. The van der Waals surface area contributed by atoms with Crippen molar-refractivity contribution in [1.29, 1.82) is 0 Å². The first kappa shape index (κ1) is 10.3. The van der Waals surface area contributed by atoms with Crippen molar-refractivity contribution < 1.29 is 4.79 Å². The second kappa shape index (κ2) is 4.46. The lowest BCUT2D eigenvalue weighted by Gasteiger charge is -2.32. The Morgan fingerprint density at radius 1 is 1.31 bits per heavy atom. The largest absolute Gasteiger partial charge is 0.334 e. The van der Waals surface area contributed by atoms with Gasteiger partial charge in [-0.3, -0.25) is 5.01 Å². The van der Waals surface area contributed by atoms with Gasteiger partial charge in [0.15, 0.2) is 0 Å². The first-order chi connectivity index (χ1) is 6.13. The van der Waals surface area contributed by atoms with Gasteiger partial charge in [-0.2, -0.15) is 0 Å². The van der Waals surface area contributed by atoms with Crippen LogP contribution in [-0.2, 0) is 0 Å². The minimum absolute atomic E-state index is 0.0327. The minimum Gasteiger partial charge on any atom is -0.324 e. The second-order valence-electron chi connectivity index (χ2n) is 3.83. The van der Waals surface area contributed by atoms with E-state index in [-0.39, 0.29) is 12.1 Å². The summed E-state index contributed by atoms with van der Waals surface area (Å²) in [5.41, 5.74) is 0. The van der Waals surface area contributed by atoms with Crippen molar-refractivity contribution in [3.63, 3.8) is 0 Å². The highest BCUT2D eigenvalue weighted by atomic mass is 16.2. The zero-order valence-corrected chi connectivity index (χ0v) is 8.49. The van der Waals surface area contributed by atoms with E-state index < -0.39 is 0 Å². The summed E-state index contributed by atoms with van der Waals surface area (Å²) in [7, 11) is 0. The molecule has 1 aliphatic rings. The molecule has 4 nitrogen and oxygen atoms in total. The number of hydrazine groups is 1. The van der Waals surface area contributed by atoms with Gasteiger partial charge in [0.25, 0.3) is 0 Å². The van der Waals surface area contributed by atoms with Crippen molar-refractivity contribution in [2.24, 2.45) is 5.84 Å². The maximum atomic E-state index is 11.7. The maximum absolute atomic E-state index is 11.7. The van der Waals surface area contributed by atoms with Crippen LogP contribution in [-0.4, -0.2) is 35.1 Å². The van der Waals surface area contributed by atoms with Gasteiger partial charge >= 0.3 is 6.03 Å². The topological polar surface area (TPSA) is 49.6 Å². The molecule has 1 rings (SSSR count). The summed E-state index contributed by atoms with van der Waals surface area (Å²) in [5, 5.41) is 1.31. The molecule has 2 N–H and O–H groups in total. The molecule has 1 saturated heterocycles. The fourth-order valence-electron chi connectivity index (χ4n) is 1.47. The Hall–Kier alpha value is -0.770. The summed E-state index contributed by atoms with van der Waals surface area (Å²) in [6, 6.07) is 0.0455. The Balaban J connectivity index is 2.45. The average Bonchev–Trinajstić information content (AvgIpc) is 2.17. The number of amides is 2. The SMILES string of the molecule is CC(C)N(N)C(=O)N1CCCCC1. The molecule has 0 atom stereocenters. The molecule has 1 heterocycles. The van der Waals surface area contributed by atoms with Crippen LogP contribution in [0.15, 0.2) is 0 Å². The molecule has 0 spiro atoms. The van der Waals surface area contributed by atoms with Crippen molar-refractivity contribution in [2.45, 2.75) is 39.2 Å². The number of urea groups is 1. The lowest BCUT2D eigenvalue weighted by atomic mass is 10.1. The zero-order chi connectivity index (χ0) is 9.84. The van der Waals surface area contributed by atoms with Crippen LogP contribution in [0.5, 0.6) is 0 Å². The summed E-state index contributed by atoms with van der Waals surface area (Å²) >= 11 is 0. The third-order valence-electron chi connectivity index (χ3n) is 2.40. The standard InChI is InChI=1S/C9H19N3O/c1-8(2)12(10)9(13)11-6-4-3-5-7-11/h8H,3-7,10H2,1-2H3. The molecule has 2 amide bonds. The number of likely N-dealkylation sites (tertiary alicyclic amines) is 1. The Bertz CT molecular complexity index is 176. The lowest BCUT2D eigenvalue weighted by molar-refractivity contribution is 0.132. The number of hydrogen-bond donors (Lipinski definition) is 1. The van der Waals surface area contributed by atoms with Crippen molar-refractivity contribution in [2.75, 3.05) is 13.1 Å². The highest BCUT2D eigenvalue weighted by Crippen LogP contribution is 2.10. The van der Waals surface area contributed by atoms with Gasteiger partial charge in [0.05, 0.1) is 0 Å². The Morgan fingerprint density at radius 3 is 2.31 bits per heavy atom. The van der Waals surface area contributed by atoms with E-state index in [1.165, 1.54) is 11.4 Å². The molecule has 1 fully saturated rings. The molecule has 0 aromatic heterocycles. The highest BCUT2D eigenvalue weighted by molar-refractivity contribution is 5.74. The van der Waals surface area contributed by atoms with Gasteiger partial charge in [-0.15, -0.1) is 0 Å². The van der Waals surface area contributed by atoms with E-state index in [0.717, 1.165) is 25.9 Å². The number of nitrogens with zero attached hydrogens (tertiary/aromatic N) is 2. The van der Waals surface area contributed by atoms with Crippen LogP contribution in [0, 0.1) is 0 Å². The molecule has 0 aromatic carbocycles. The van der Waals surface area contributed by atoms with Crippen LogP contribution in [0.1, 0.15) is 33.1 Å². The number of rotatable bonds is 1. The van der Waals surface area contributed by atoms with E-state index in [1.807, 2.05) is 18.7 Å². The third-order valence-corrected chi connectivity index (χ3v) is 2.40. The van der Waals surface area contributed by atoms with Gasteiger partial charge in [0, 0.05) is 19.1 Å². The Labute approximate surface area is 79.6 Å². The maximum Gasteiger partial charge on any atom is 0.334 e. The highest BCUT2D eigenvalue weighted by Gasteiger charge is 2.21. The van der Waals surface area contributed by atoms with Gasteiger partial charge in [-0.25, -0.2) is 10.6 Å². The van der Waals surface area contributed by atoms with Crippen LogP contribution in [0.3, 0.4) is 0 Å². The van der Waals surface area contributed by atoms with E-state index in [1.54, 1.807) is 0 Å². The predicted octanol–water partition coefficient (Wildman–Crippen LogP) is 1.18. The number of piperidine rings is 1. The fraction of sp³-hybridized carbons (Fsp3) is 0.889. The second-order valence-corrected chi connectivity index (χ2v) is 3.83. The van der Waals surface area contributed by atoms with Crippen LogP contribution in [0.25, 0.3) is 0 Å². The van der Waals surface area contributed by atoms with Gasteiger partial charge in [-0.1, -0.05) is 0 Å². The molecule has 4 heteroatoms. The third kappa shape index (κ3) is 2.59. The van der Waals surface area contributed by atoms with Crippen LogP contribution in [0.4, 0.5) is 4.79 Å².